The van der Waals surface area contributed by atoms with Crippen molar-refractivity contribution in [2.24, 2.45) is 23.3 Å². The fraction of sp³-hybridized carbons (Fsp3) is 0.389. The molecule has 0 radical (unpaired) electrons. The van der Waals surface area contributed by atoms with Crippen LogP contribution in [0.3, 0.4) is 0 Å². The fourth-order valence-electron chi connectivity index (χ4n) is 7.08. The van der Waals surface area contributed by atoms with Crippen LogP contribution in [0.4, 0.5) is 10.1 Å². The summed E-state index contributed by atoms with van der Waals surface area (Å²) in [6, 6.07) is 13.4. The molecule has 2 fully saturated rings. The molecule has 2 aromatic heterocycles. The number of benzene rings is 3. The second-order valence-electron chi connectivity index (χ2n) is 13.3. The van der Waals surface area contributed by atoms with E-state index < -0.39 is 11.9 Å². The van der Waals surface area contributed by atoms with E-state index in [1.807, 2.05) is 30.3 Å². The van der Waals surface area contributed by atoms with E-state index in [-0.39, 0.29) is 29.8 Å². The number of carbonyl (C=O) groups excluding carboxylic acids is 2. The predicted molar refractivity (Wildman–Crippen MR) is 180 cm³/mol. The number of carbonyl (C=O) groups is 2. The highest BCUT2D eigenvalue weighted by molar-refractivity contribution is 6.17. The van der Waals surface area contributed by atoms with Gasteiger partial charge in [-0.1, -0.05) is 30.7 Å². The van der Waals surface area contributed by atoms with Crippen LogP contribution in [0.5, 0.6) is 0 Å². The number of nitrogens with zero attached hydrogens (tertiary/aromatic N) is 2. The molecule has 3 aromatic carbocycles. The zero-order valence-corrected chi connectivity index (χ0v) is 26.4. The van der Waals surface area contributed by atoms with Gasteiger partial charge in [-0.05, 0) is 111 Å². The maximum absolute atomic E-state index is 15.4. The number of hydrogen-bond donors (Lipinski definition) is 5. The molecule has 0 bridgehead atoms. The fourth-order valence-corrected chi connectivity index (χ4v) is 7.08. The average molecular weight is 638 g/mol. The number of fused-ring (bicyclic) bond motifs is 2. The summed E-state index contributed by atoms with van der Waals surface area (Å²) >= 11 is 0. The Morgan fingerprint density at radius 3 is 2.38 bits per heavy atom. The first kappa shape index (κ1) is 31.0. The van der Waals surface area contributed by atoms with Crippen molar-refractivity contribution >= 4 is 39.6 Å². The molecule has 7 rings (SSSR count). The Bertz CT molecular complexity index is 2020. The summed E-state index contributed by atoms with van der Waals surface area (Å²) in [6.07, 6.45) is 6.47. The Balaban J connectivity index is 1.12. The van der Waals surface area contributed by atoms with Gasteiger partial charge in [0, 0.05) is 11.8 Å². The van der Waals surface area contributed by atoms with E-state index in [0.717, 1.165) is 48.2 Å². The Kier molecular flexibility index (Phi) is 8.27. The first-order chi connectivity index (χ1) is 22.7. The maximum atomic E-state index is 15.4. The number of H-pyrrole nitrogens is 3. The van der Waals surface area contributed by atoms with Gasteiger partial charge in [-0.25, -0.2) is 19.1 Å². The number of imide groups is 1. The van der Waals surface area contributed by atoms with Crippen molar-refractivity contribution in [1.82, 2.24) is 19.9 Å². The van der Waals surface area contributed by atoms with Gasteiger partial charge in [0.1, 0.15) is 11.3 Å². The van der Waals surface area contributed by atoms with Gasteiger partial charge >= 0.3 is 5.69 Å². The highest BCUT2D eigenvalue weighted by Gasteiger charge is 2.35. The Hall–Kier alpha value is -4.61. The second-order valence-corrected chi connectivity index (χ2v) is 13.3. The standard InChI is InChI=1S/C36H40FN7O3/c1-19-26(17-30-32(31(19)37)43-33(40-30)23-3-2-4-23)22-9-5-20(6-10-22)15-27(39)35(46)44(34(45)24-11-7-21(18-38)8-12-24)25-13-14-28-29(16-25)42-36(47)41-28/h5-6,9-10,13-14,16-17,21,23-24,27H,2-4,7-8,11-12,15,18,38-39H2,1H3,(H,40,43)(H2,41,42,47)/t21-,24-,27-/m0/s1. The maximum Gasteiger partial charge on any atom is 0.323 e. The van der Waals surface area contributed by atoms with Crippen molar-refractivity contribution in [2.45, 2.75) is 70.3 Å². The number of nitrogens with two attached hydrogens (primary N) is 2. The molecule has 5 aromatic rings. The molecule has 11 heteroatoms. The summed E-state index contributed by atoms with van der Waals surface area (Å²) < 4.78 is 15.4. The van der Waals surface area contributed by atoms with Crippen LogP contribution in [0.1, 0.15) is 67.8 Å². The molecular weight excluding hydrogens is 597 g/mol. The van der Waals surface area contributed by atoms with Gasteiger partial charge in [-0.3, -0.25) is 9.59 Å². The van der Waals surface area contributed by atoms with Crippen LogP contribution in [0.15, 0.2) is 53.3 Å². The highest BCUT2D eigenvalue weighted by Crippen LogP contribution is 2.38. The topological polar surface area (TPSA) is 167 Å². The molecule has 0 saturated heterocycles. The third-order valence-electron chi connectivity index (χ3n) is 10.2. The molecule has 244 valence electrons. The largest absolute Gasteiger partial charge is 0.339 e. The smallest absolute Gasteiger partial charge is 0.323 e. The molecule has 1 atom stereocenters. The zero-order valence-electron chi connectivity index (χ0n) is 26.4. The van der Waals surface area contributed by atoms with Crippen molar-refractivity contribution in [3.8, 4) is 11.1 Å². The Labute approximate surface area is 271 Å². The number of rotatable bonds is 8. The van der Waals surface area contributed by atoms with Crippen LogP contribution >= 0.6 is 0 Å². The first-order valence-electron chi connectivity index (χ1n) is 16.5. The lowest BCUT2D eigenvalue weighted by Gasteiger charge is -2.32. The highest BCUT2D eigenvalue weighted by atomic mass is 19.1. The summed E-state index contributed by atoms with van der Waals surface area (Å²) in [6.45, 7) is 2.35. The molecule has 2 heterocycles. The molecular formula is C36H40FN7O3. The summed E-state index contributed by atoms with van der Waals surface area (Å²) in [5, 5.41) is 0. The molecule has 0 unspecified atom stereocenters. The monoisotopic (exact) mass is 637 g/mol. The first-order valence-corrected chi connectivity index (χ1v) is 16.5. The molecule has 2 aliphatic rings. The lowest BCUT2D eigenvalue weighted by molar-refractivity contribution is -0.130. The van der Waals surface area contributed by atoms with Crippen molar-refractivity contribution in [3.63, 3.8) is 0 Å². The SMILES string of the molecule is Cc1c(-c2ccc(C[C@H](N)C(=O)N(c3ccc4[nH]c(=O)[nH]c4c3)C(=O)[C@H]3CC[C@H](CN)CC3)cc2)cc2nc(C3CCC3)[nH]c2c1F. The van der Waals surface area contributed by atoms with Gasteiger partial charge in [0.25, 0.3) is 5.91 Å². The van der Waals surface area contributed by atoms with Gasteiger partial charge in [0.15, 0.2) is 5.82 Å². The van der Waals surface area contributed by atoms with E-state index >= 15 is 4.39 Å². The van der Waals surface area contributed by atoms with Gasteiger partial charge in [-0.15, -0.1) is 0 Å². The number of hydrogen-bond acceptors (Lipinski definition) is 6. The van der Waals surface area contributed by atoms with E-state index in [1.165, 1.54) is 11.3 Å². The lowest BCUT2D eigenvalue weighted by Crippen LogP contribution is -2.50. The van der Waals surface area contributed by atoms with Gasteiger partial charge in [0.05, 0.1) is 28.3 Å². The van der Waals surface area contributed by atoms with Crippen LogP contribution in [-0.2, 0) is 16.0 Å². The molecule has 2 amide bonds. The lowest BCUT2D eigenvalue weighted by atomic mass is 9.81. The van der Waals surface area contributed by atoms with Crippen molar-refractivity contribution in [2.75, 3.05) is 11.4 Å². The van der Waals surface area contributed by atoms with E-state index in [2.05, 4.69) is 15.0 Å². The number of nitrogens with one attached hydrogen (secondary N) is 3. The van der Waals surface area contributed by atoms with Crippen molar-refractivity contribution in [1.29, 1.82) is 0 Å². The van der Waals surface area contributed by atoms with Crippen molar-refractivity contribution in [3.05, 3.63) is 81.8 Å². The molecule has 2 saturated carbocycles. The summed E-state index contributed by atoms with van der Waals surface area (Å²) in [5.74, 6) is 0.176. The summed E-state index contributed by atoms with van der Waals surface area (Å²) in [5.41, 5.74) is 17.5. The third kappa shape index (κ3) is 5.89. The summed E-state index contributed by atoms with van der Waals surface area (Å²) in [4.78, 5) is 54.3. The minimum absolute atomic E-state index is 0.197. The van der Waals surface area contributed by atoms with Crippen LogP contribution in [0.2, 0.25) is 0 Å². The number of halogens is 1. The number of imidazole rings is 2. The van der Waals surface area contributed by atoms with Crippen LogP contribution in [0, 0.1) is 24.6 Å². The Morgan fingerprint density at radius 1 is 0.979 bits per heavy atom. The summed E-state index contributed by atoms with van der Waals surface area (Å²) in [7, 11) is 0. The van der Waals surface area contributed by atoms with E-state index in [1.54, 1.807) is 25.1 Å². The van der Waals surface area contributed by atoms with Crippen LogP contribution < -0.4 is 22.1 Å². The second kappa shape index (κ2) is 12.5. The predicted octanol–water partition coefficient (Wildman–Crippen LogP) is 5.31. The minimum Gasteiger partial charge on any atom is -0.339 e. The Morgan fingerprint density at radius 2 is 1.70 bits per heavy atom. The molecule has 10 nitrogen and oxygen atoms in total. The van der Waals surface area contributed by atoms with E-state index in [0.29, 0.717) is 64.5 Å². The number of anilines is 1. The number of aromatic nitrogens is 4. The molecule has 0 spiro atoms. The quantitative estimate of drug-likeness (QED) is 0.155. The van der Waals surface area contributed by atoms with Crippen LogP contribution in [-0.4, -0.2) is 44.3 Å². The minimum atomic E-state index is -1.00. The zero-order chi connectivity index (χ0) is 32.8. The molecule has 7 N–H and O–H groups in total. The molecule has 0 aliphatic heterocycles. The molecule has 47 heavy (non-hydrogen) atoms. The average Bonchev–Trinajstić information content (AvgIpc) is 3.64. The van der Waals surface area contributed by atoms with Gasteiger partial charge < -0.3 is 26.4 Å². The van der Waals surface area contributed by atoms with E-state index in [9.17, 15) is 14.4 Å². The van der Waals surface area contributed by atoms with Crippen LogP contribution in [0.25, 0.3) is 33.2 Å². The molecule has 2 aliphatic carbocycles. The normalized spacial score (nSPS) is 19.1. The number of amides is 2. The number of aromatic amines is 3. The van der Waals surface area contributed by atoms with Gasteiger partial charge in [0.2, 0.25) is 5.91 Å². The van der Waals surface area contributed by atoms with Crippen molar-refractivity contribution < 1.29 is 14.0 Å². The van der Waals surface area contributed by atoms with Gasteiger partial charge in [-0.2, -0.15) is 0 Å². The van der Waals surface area contributed by atoms with E-state index in [4.69, 9.17) is 16.5 Å². The third-order valence-corrected chi connectivity index (χ3v) is 10.2.